The molecule has 4 rings (SSSR count). The maximum absolute atomic E-state index is 13.5. The van der Waals surface area contributed by atoms with Crippen molar-refractivity contribution in [1.82, 2.24) is 25.2 Å². The van der Waals surface area contributed by atoms with Gasteiger partial charge in [0.05, 0.1) is 28.7 Å². The van der Waals surface area contributed by atoms with Crippen LogP contribution in [0, 0.1) is 13.8 Å². The summed E-state index contributed by atoms with van der Waals surface area (Å²) in [6.45, 7) is 6.26. The summed E-state index contributed by atoms with van der Waals surface area (Å²) in [5, 5.41) is 8.06. The van der Waals surface area contributed by atoms with Crippen LogP contribution in [-0.2, 0) is 6.42 Å². The van der Waals surface area contributed by atoms with Crippen molar-refractivity contribution in [3.05, 3.63) is 40.7 Å². The molecule has 1 saturated heterocycles. The van der Waals surface area contributed by atoms with Crippen LogP contribution in [-0.4, -0.2) is 51.7 Å². The van der Waals surface area contributed by atoms with E-state index in [4.69, 9.17) is 14.0 Å². The van der Waals surface area contributed by atoms with Gasteiger partial charge in [0.1, 0.15) is 11.3 Å². The minimum Gasteiger partial charge on any atom is -0.361 e. The number of nitrogens with zero attached hydrogens (tertiary/aromatic N) is 6. The molecule has 4 heterocycles. The standard InChI is InChI=1S/C21H26N6O3/c1-6-15-18(13(3)29-25-15)20(28)27-9-7-8-16(27)19-14(17-10-12(2)24-30-17)11-22-21(23-19)26(4)5/h10-11,16H,6-9H2,1-5H3/t16-/m0/s1. The van der Waals surface area contributed by atoms with Crippen LogP contribution in [0.2, 0.25) is 0 Å². The molecule has 1 aliphatic rings. The average molecular weight is 410 g/mol. The first-order valence-corrected chi connectivity index (χ1v) is 10.1. The summed E-state index contributed by atoms with van der Waals surface area (Å²) < 4.78 is 10.8. The maximum Gasteiger partial charge on any atom is 0.259 e. The molecule has 9 heteroatoms. The van der Waals surface area contributed by atoms with Crippen molar-refractivity contribution >= 4 is 11.9 Å². The van der Waals surface area contributed by atoms with E-state index in [0.717, 1.165) is 29.8 Å². The summed E-state index contributed by atoms with van der Waals surface area (Å²) in [6, 6.07) is 1.66. The molecule has 0 radical (unpaired) electrons. The fraction of sp³-hybridized carbons (Fsp3) is 0.476. The zero-order valence-electron chi connectivity index (χ0n) is 18.0. The zero-order valence-corrected chi connectivity index (χ0v) is 18.0. The van der Waals surface area contributed by atoms with E-state index in [0.29, 0.717) is 41.7 Å². The molecule has 0 unspecified atom stereocenters. The van der Waals surface area contributed by atoms with Crippen LogP contribution in [0.5, 0.6) is 0 Å². The summed E-state index contributed by atoms with van der Waals surface area (Å²) in [6.07, 6.45) is 4.08. The summed E-state index contributed by atoms with van der Waals surface area (Å²) in [4.78, 5) is 26.5. The van der Waals surface area contributed by atoms with E-state index >= 15 is 0 Å². The highest BCUT2D eigenvalue weighted by molar-refractivity contribution is 5.96. The number of hydrogen-bond donors (Lipinski definition) is 0. The van der Waals surface area contributed by atoms with Crippen molar-refractivity contribution in [2.24, 2.45) is 0 Å². The van der Waals surface area contributed by atoms with Crippen LogP contribution in [0.25, 0.3) is 11.3 Å². The van der Waals surface area contributed by atoms with Gasteiger partial charge in [0, 0.05) is 32.9 Å². The second kappa shape index (κ2) is 7.89. The van der Waals surface area contributed by atoms with Gasteiger partial charge in [-0.2, -0.15) is 0 Å². The van der Waals surface area contributed by atoms with Gasteiger partial charge in [-0.1, -0.05) is 17.2 Å². The average Bonchev–Trinajstić information content (AvgIpc) is 3.46. The van der Waals surface area contributed by atoms with Crippen LogP contribution in [0.1, 0.15) is 59.0 Å². The minimum absolute atomic E-state index is 0.0715. The smallest absolute Gasteiger partial charge is 0.259 e. The molecule has 30 heavy (non-hydrogen) atoms. The third-order valence-electron chi connectivity index (χ3n) is 5.41. The van der Waals surface area contributed by atoms with E-state index in [1.165, 1.54) is 0 Å². The molecule has 1 fully saturated rings. The van der Waals surface area contributed by atoms with E-state index in [2.05, 4.69) is 15.3 Å². The molecule has 1 aliphatic heterocycles. The van der Waals surface area contributed by atoms with Gasteiger partial charge in [0.2, 0.25) is 5.95 Å². The number of hydrogen-bond acceptors (Lipinski definition) is 8. The number of carbonyl (C=O) groups is 1. The van der Waals surface area contributed by atoms with Gasteiger partial charge in [-0.3, -0.25) is 4.79 Å². The van der Waals surface area contributed by atoms with Gasteiger partial charge in [-0.05, 0) is 33.1 Å². The van der Waals surface area contributed by atoms with Crippen LogP contribution in [0.4, 0.5) is 5.95 Å². The van der Waals surface area contributed by atoms with E-state index < -0.39 is 0 Å². The number of amides is 1. The first-order chi connectivity index (χ1) is 14.4. The molecule has 0 saturated carbocycles. The molecular weight excluding hydrogens is 384 g/mol. The van der Waals surface area contributed by atoms with Gasteiger partial charge in [-0.25, -0.2) is 9.97 Å². The number of aromatic nitrogens is 4. The largest absolute Gasteiger partial charge is 0.361 e. The Morgan fingerprint density at radius 3 is 2.73 bits per heavy atom. The summed E-state index contributed by atoms with van der Waals surface area (Å²) in [7, 11) is 3.78. The highest BCUT2D eigenvalue weighted by Gasteiger charge is 2.36. The molecule has 0 spiro atoms. The molecule has 0 bridgehead atoms. The SMILES string of the molecule is CCc1noc(C)c1C(=O)N1CCC[C@H]1c1nc(N(C)C)ncc1-c1cc(C)no1. The lowest BCUT2D eigenvalue weighted by atomic mass is 10.0. The highest BCUT2D eigenvalue weighted by atomic mass is 16.5. The van der Waals surface area contributed by atoms with Gasteiger partial charge >= 0.3 is 0 Å². The van der Waals surface area contributed by atoms with Gasteiger partial charge < -0.3 is 18.8 Å². The second-order valence-corrected chi connectivity index (χ2v) is 7.77. The summed E-state index contributed by atoms with van der Waals surface area (Å²) in [5.74, 6) is 1.66. The van der Waals surface area contributed by atoms with E-state index in [1.54, 1.807) is 13.1 Å². The lowest BCUT2D eigenvalue weighted by Crippen LogP contribution is -2.32. The maximum atomic E-state index is 13.5. The van der Waals surface area contributed by atoms with E-state index in [-0.39, 0.29) is 11.9 Å². The van der Waals surface area contributed by atoms with Crippen LogP contribution in [0.3, 0.4) is 0 Å². The first kappa shape index (κ1) is 20.1. The third-order valence-corrected chi connectivity index (χ3v) is 5.41. The van der Waals surface area contributed by atoms with Gasteiger partial charge in [0.25, 0.3) is 5.91 Å². The van der Waals surface area contributed by atoms with Crippen molar-refractivity contribution in [1.29, 1.82) is 0 Å². The Hall–Kier alpha value is -3.23. The molecule has 158 valence electrons. The predicted molar refractivity (Wildman–Crippen MR) is 110 cm³/mol. The van der Waals surface area contributed by atoms with Gasteiger partial charge in [-0.15, -0.1) is 0 Å². The number of anilines is 1. The molecule has 1 amide bonds. The van der Waals surface area contributed by atoms with Crippen LogP contribution >= 0.6 is 0 Å². The molecular formula is C21H26N6O3. The molecule has 9 nitrogen and oxygen atoms in total. The quantitative estimate of drug-likeness (QED) is 0.631. The molecule has 0 N–H and O–H groups in total. The Labute approximate surface area is 175 Å². The minimum atomic E-state index is -0.196. The normalized spacial score (nSPS) is 16.3. The monoisotopic (exact) mass is 410 g/mol. The van der Waals surface area contributed by atoms with E-state index in [1.807, 2.05) is 43.8 Å². The predicted octanol–water partition coefficient (Wildman–Crippen LogP) is 3.34. The van der Waals surface area contributed by atoms with Crippen LogP contribution < -0.4 is 4.90 Å². The fourth-order valence-corrected chi connectivity index (χ4v) is 3.91. The molecule has 0 aromatic carbocycles. The zero-order chi connectivity index (χ0) is 21.4. The van der Waals surface area contributed by atoms with Crippen molar-refractivity contribution in [2.45, 2.75) is 46.1 Å². The van der Waals surface area contributed by atoms with Gasteiger partial charge in [0.15, 0.2) is 5.76 Å². The number of likely N-dealkylation sites (tertiary alicyclic amines) is 1. The number of aryl methyl sites for hydroxylation is 3. The van der Waals surface area contributed by atoms with E-state index in [9.17, 15) is 4.79 Å². The first-order valence-electron chi connectivity index (χ1n) is 10.1. The van der Waals surface area contributed by atoms with Crippen molar-refractivity contribution < 1.29 is 13.8 Å². The number of carbonyl (C=O) groups excluding carboxylic acids is 1. The Morgan fingerprint density at radius 2 is 2.07 bits per heavy atom. The van der Waals surface area contributed by atoms with Crippen LogP contribution in [0.15, 0.2) is 21.3 Å². The lowest BCUT2D eigenvalue weighted by molar-refractivity contribution is 0.0730. The third kappa shape index (κ3) is 3.44. The Morgan fingerprint density at radius 1 is 1.27 bits per heavy atom. The molecule has 0 aliphatic carbocycles. The molecule has 3 aromatic heterocycles. The van der Waals surface area contributed by atoms with Crippen molar-refractivity contribution in [3.63, 3.8) is 0 Å². The number of rotatable bonds is 5. The topological polar surface area (TPSA) is 101 Å². The highest BCUT2D eigenvalue weighted by Crippen LogP contribution is 2.38. The van der Waals surface area contributed by atoms with Crippen molar-refractivity contribution in [2.75, 3.05) is 25.5 Å². The van der Waals surface area contributed by atoms with Crippen molar-refractivity contribution in [3.8, 4) is 11.3 Å². The Kier molecular flexibility index (Phi) is 5.27. The fourth-order valence-electron chi connectivity index (χ4n) is 3.91. The Bertz CT molecular complexity index is 1070. The summed E-state index contributed by atoms with van der Waals surface area (Å²) >= 11 is 0. The second-order valence-electron chi connectivity index (χ2n) is 7.77. The molecule has 1 atom stereocenters. The lowest BCUT2D eigenvalue weighted by Gasteiger charge is -2.26. The summed E-state index contributed by atoms with van der Waals surface area (Å²) in [5.41, 5.74) is 3.54. The molecule has 3 aromatic rings. The Balaban J connectivity index is 1.79.